The summed E-state index contributed by atoms with van der Waals surface area (Å²) in [5.41, 5.74) is 6.53. The van der Waals surface area contributed by atoms with Crippen molar-refractivity contribution in [2.45, 2.75) is 6.61 Å². The van der Waals surface area contributed by atoms with Gasteiger partial charge in [-0.1, -0.05) is 23.7 Å². The molecule has 0 saturated carbocycles. The van der Waals surface area contributed by atoms with Crippen molar-refractivity contribution in [3.8, 4) is 5.75 Å². The average Bonchev–Trinajstić information content (AvgIpc) is 2.84. The van der Waals surface area contributed by atoms with E-state index in [1.165, 1.54) is 0 Å². The zero-order chi connectivity index (χ0) is 15.7. The Balaban J connectivity index is 1.97. The summed E-state index contributed by atoms with van der Waals surface area (Å²) in [5.74, 6) is -0.160. The fourth-order valence-corrected chi connectivity index (χ4v) is 2.32. The third-order valence-electron chi connectivity index (χ3n) is 3.14. The highest BCUT2D eigenvalue weighted by atomic mass is 35.5. The van der Waals surface area contributed by atoms with Crippen molar-refractivity contribution in [1.29, 1.82) is 0 Å². The number of aromatic carboxylic acids is 1. The number of rotatable bonds is 4. The van der Waals surface area contributed by atoms with Gasteiger partial charge in [-0.15, -0.1) is 0 Å². The lowest BCUT2D eigenvalue weighted by atomic mass is 10.3. The van der Waals surface area contributed by atoms with E-state index in [0.717, 1.165) is 0 Å². The second-order valence-electron chi connectivity index (χ2n) is 4.62. The second kappa shape index (κ2) is 5.57. The van der Waals surface area contributed by atoms with Crippen molar-refractivity contribution < 1.29 is 14.6 Å². The Morgan fingerprint density at radius 3 is 2.86 bits per heavy atom. The number of hydrogen-bond donors (Lipinski definition) is 2. The molecule has 0 atom stereocenters. The molecule has 0 saturated heterocycles. The summed E-state index contributed by atoms with van der Waals surface area (Å²) >= 11 is 6.02. The minimum absolute atomic E-state index is 0.0648. The molecule has 112 valence electrons. The van der Waals surface area contributed by atoms with E-state index in [1.54, 1.807) is 47.0 Å². The zero-order valence-corrected chi connectivity index (χ0v) is 12.1. The van der Waals surface area contributed by atoms with Gasteiger partial charge in [-0.3, -0.25) is 4.40 Å². The van der Waals surface area contributed by atoms with Gasteiger partial charge in [-0.05, 0) is 24.3 Å². The molecule has 3 rings (SSSR count). The Morgan fingerprint density at radius 1 is 1.36 bits per heavy atom. The summed E-state index contributed by atoms with van der Waals surface area (Å²) in [7, 11) is 0. The first-order valence-electron chi connectivity index (χ1n) is 6.43. The molecule has 2 aromatic heterocycles. The highest BCUT2D eigenvalue weighted by Gasteiger charge is 2.17. The number of carbonyl (C=O) groups is 1. The van der Waals surface area contributed by atoms with Gasteiger partial charge in [-0.2, -0.15) is 0 Å². The molecule has 0 spiro atoms. The van der Waals surface area contributed by atoms with E-state index < -0.39 is 5.97 Å². The molecule has 0 aliphatic carbocycles. The van der Waals surface area contributed by atoms with Crippen LogP contribution in [0.15, 0.2) is 42.6 Å². The van der Waals surface area contributed by atoms with Gasteiger partial charge in [-0.25, -0.2) is 9.78 Å². The molecule has 3 N–H and O–H groups in total. The summed E-state index contributed by atoms with van der Waals surface area (Å²) in [6, 6.07) is 10.3. The number of pyridine rings is 1. The molecular formula is C15H12ClN3O3. The van der Waals surface area contributed by atoms with Gasteiger partial charge in [0.25, 0.3) is 0 Å². The predicted molar refractivity (Wildman–Crippen MR) is 82.3 cm³/mol. The lowest BCUT2D eigenvalue weighted by molar-refractivity contribution is 0.0693. The number of carboxylic acid groups (broad SMARTS) is 1. The molecule has 1 aromatic carbocycles. The number of fused-ring (bicyclic) bond motifs is 1. The molecule has 0 radical (unpaired) electrons. The average molecular weight is 318 g/mol. The quantitative estimate of drug-likeness (QED) is 0.772. The van der Waals surface area contributed by atoms with Crippen LogP contribution in [-0.4, -0.2) is 20.5 Å². The van der Waals surface area contributed by atoms with Gasteiger partial charge in [0.2, 0.25) is 0 Å². The molecular weight excluding hydrogens is 306 g/mol. The molecule has 2 heterocycles. The van der Waals surface area contributed by atoms with Crippen molar-refractivity contribution in [3.63, 3.8) is 0 Å². The minimum atomic E-state index is -1.12. The van der Waals surface area contributed by atoms with E-state index in [9.17, 15) is 9.90 Å². The third-order valence-corrected chi connectivity index (χ3v) is 3.45. The summed E-state index contributed by atoms with van der Waals surface area (Å²) in [6.45, 7) is 0.0854. The number of para-hydroxylation sites is 1. The summed E-state index contributed by atoms with van der Waals surface area (Å²) in [6.07, 6.45) is 1.66. The Labute approximate surface area is 130 Å². The molecule has 3 aromatic rings. The Morgan fingerprint density at radius 2 is 2.14 bits per heavy atom. The van der Waals surface area contributed by atoms with Gasteiger partial charge in [0.15, 0.2) is 11.5 Å². The molecule has 22 heavy (non-hydrogen) atoms. The predicted octanol–water partition coefficient (Wildman–Crippen LogP) is 2.85. The molecule has 0 bridgehead atoms. The van der Waals surface area contributed by atoms with Crippen molar-refractivity contribution in [2.75, 3.05) is 5.73 Å². The van der Waals surface area contributed by atoms with E-state index >= 15 is 0 Å². The van der Waals surface area contributed by atoms with E-state index in [0.29, 0.717) is 27.8 Å². The number of aromatic nitrogens is 2. The Hall–Kier alpha value is -2.73. The number of imidazole rings is 1. The molecule has 0 aliphatic heterocycles. The topological polar surface area (TPSA) is 89.9 Å². The zero-order valence-electron chi connectivity index (χ0n) is 11.4. The monoisotopic (exact) mass is 317 g/mol. The van der Waals surface area contributed by atoms with Crippen LogP contribution in [0.3, 0.4) is 0 Å². The molecule has 0 unspecified atom stereocenters. The maximum Gasteiger partial charge on any atom is 0.356 e. The van der Waals surface area contributed by atoms with Crippen LogP contribution >= 0.6 is 11.6 Å². The number of anilines is 1. The van der Waals surface area contributed by atoms with Crippen molar-refractivity contribution >= 4 is 28.8 Å². The number of nitrogens with two attached hydrogens (primary N) is 1. The Kier molecular flexibility index (Phi) is 3.60. The number of nitrogen functional groups attached to an aromatic ring is 1. The summed E-state index contributed by atoms with van der Waals surface area (Å²) < 4.78 is 7.25. The molecule has 7 heteroatoms. The first kappa shape index (κ1) is 14.2. The molecule has 0 amide bonds. The van der Waals surface area contributed by atoms with Crippen LogP contribution in [0, 0.1) is 0 Å². The highest BCUT2D eigenvalue weighted by Crippen LogP contribution is 2.24. The van der Waals surface area contributed by atoms with Crippen LogP contribution in [0.4, 0.5) is 5.69 Å². The number of hydrogen-bond acceptors (Lipinski definition) is 4. The first-order chi connectivity index (χ1) is 10.6. The number of carboxylic acids is 1. The molecule has 0 aliphatic rings. The van der Waals surface area contributed by atoms with E-state index in [1.807, 2.05) is 0 Å². The van der Waals surface area contributed by atoms with Crippen LogP contribution in [0.25, 0.3) is 5.52 Å². The van der Waals surface area contributed by atoms with Gasteiger partial charge >= 0.3 is 5.97 Å². The van der Waals surface area contributed by atoms with Crippen LogP contribution in [-0.2, 0) is 6.61 Å². The number of ether oxygens (including phenoxy) is 1. The maximum absolute atomic E-state index is 11.3. The van der Waals surface area contributed by atoms with E-state index in [4.69, 9.17) is 22.1 Å². The Bertz CT molecular complexity index is 860. The first-order valence-corrected chi connectivity index (χ1v) is 6.81. The highest BCUT2D eigenvalue weighted by molar-refractivity contribution is 6.32. The largest absolute Gasteiger partial charge is 0.484 e. The SMILES string of the molecule is Nc1ccn2c(COc3ccccc3Cl)nc(C(=O)O)c2c1. The molecule has 6 nitrogen and oxygen atoms in total. The molecule has 0 fully saturated rings. The van der Waals surface area contributed by atoms with Crippen LogP contribution in [0.5, 0.6) is 5.75 Å². The number of benzene rings is 1. The lowest BCUT2D eigenvalue weighted by Gasteiger charge is -2.07. The van der Waals surface area contributed by atoms with Gasteiger partial charge in [0.05, 0.1) is 10.5 Å². The van der Waals surface area contributed by atoms with Crippen molar-refractivity contribution in [2.24, 2.45) is 0 Å². The third kappa shape index (κ3) is 2.56. The van der Waals surface area contributed by atoms with Crippen molar-refractivity contribution in [3.05, 3.63) is 59.1 Å². The lowest BCUT2D eigenvalue weighted by Crippen LogP contribution is -2.02. The minimum Gasteiger partial charge on any atom is -0.484 e. The maximum atomic E-state index is 11.3. The van der Waals surface area contributed by atoms with Gasteiger partial charge in [0, 0.05) is 11.9 Å². The fourth-order valence-electron chi connectivity index (χ4n) is 2.13. The normalized spacial score (nSPS) is 10.8. The summed E-state index contributed by atoms with van der Waals surface area (Å²) in [4.78, 5) is 15.4. The smallest absolute Gasteiger partial charge is 0.356 e. The van der Waals surface area contributed by atoms with E-state index in [-0.39, 0.29) is 12.3 Å². The standard InChI is InChI=1S/C15H12ClN3O3/c16-10-3-1-2-4-12(10)22-8-13-18-14(15(20)21)11-7-9(17)5-6-19(11)13/h1-7H,8,17H2,(H,20,21). The van der Waals surface area contributed by atoms with Crippen LogP contribution < -0.4 is 10.5 Å². The van der Waals surface area contributed by atoms with E-state index in [2.05, 4.69) is 4.98 Å². The second-order valence-corrected chi connectivity index (χ2v) is 5.02. The fraction of sp³-hybridized carbons (Fsp3) is 0.0667. The van der Waals surface area contributed by atoms with Gasteiger partial charge in [0.1, 0.15) is 12.4 Å². The van der Waals surface area contributed by atoms with Gasteiger partial charge < -0.3 is 15.6 Å². The number of halogens is 1. The summed E-state index contributed by atoms with van der Waals surface area (Å²) in [5, 5.41) is 9.72. The van der Waals surface area contributed by atoms with Crippen molar-refractivity contribution in [1.82, 2.24) is 9.38 Å². The van der Waals surface area contributed by atoms with Crippen LogP contribution in [0.1, 0.15) is 16.3 Å². The van der Waals surface area contributed by atoms with Crippen LogP contribution in [0.2, 0.25) is 5.02 Å². The number of nitrogens with zero attached hydrogens (tertiary/aromatic N) is 2.